The summed E-state index contributed by atoms with van der Waals surface area (Å²) in [5.74, 6) is 0.294. The van der Waals surface area contributed by atoms with Gasteiger partial charge in [0.2, 0.25) is 0 Å². The molecule has 19 heavy (non-hydrogen) atoms. The Bertz CT molecular complexity index is 511. The molecule has 0 aliphatic heterocycles. The Balaban J connectivity index is 1.83. The van der Waals surface area contributed by atoms with Crippen LogP contribution >= 0.6 is 0 Å². The number of nitrogens with one attached hydrogen (secondary N) is 1. The fourth-order valence-electron chi connectivity index (χ4n) is 1.64. The van der Waals surface area contributed by atoms with Gasteiger partial charge in [-0.25, -0.2) is 4.79 Å². The Hall–Kier alpha value is -2.13. The van der Waals surface area contributed by atoms with Crippen LogP contribution in [0, 0.1) is 0 Å². The van der Waals surface area contributed by atoms with Crippen molar-refractivity contribution in [2.24, 2.45) is 0 Å². The summed E-state index contributed by atoms with van der Waals surface area (Å²) in [5.41, 5.74) is 1.14. The van der Waals surface area contributed by atoms with Crippen LogP contribution in [0.1, 0.15) is 12.5 Å². The van der Waals surface area contributed by atoms with E-state index in [1.165, 1.54) is 0 Å². The molecule has 0 amide bonds. The van der Waals surface area contributed by atoms with Gasteiger partial charge in [-0.3, -0.25) is 0 Å². The Morgan fingerprint density at radius 1 is 1.05 bits per heavy atom. The Morgan fingerprint density at radius 3 is 2.26 bits per heavy atom. The van der Waals surface area contributed by atoms with E-state index in [0.717, 1.165) is 5.56 Å². The van der Waals surface area contributed by atoms with Crippen molar-refractivity contribution < 1.29 is 9.53 Å². The Labute approximate surface area is 113 Å². The summed E-state index contributed by atoms with van der Waals surface area (Å²) < 4.78 is 5.26. The van der Waals surface area contributed by atoms with Gasteiger partial charge < -0.3 is 10.1 Å². The molecule has 2 aromatic carbocycles. The number of hydrogen-bond donors (Lipinski definition) is 1. The summed E-state index contributed by atoms with van der Waals surface area (Å²) in [4.78, 5) is 11.8. The molecule has 0 aromatic heterocycles. The molecule has 98 valence electrons. The number of rotatable bonds is 5. The molecule has 3 heteroatoms. The Kier molecular flexibility index (Phi) is 4.70. The zero-order valence-corrected chi connectivity index (χ0v) is 10.9. The van der Waals surface area contributed by atoms with Crippen molar-refractivity contribution in [3.8, 4) is 5.75 Å². The lowest BCUT2D eigenvalue weighted by molar-refractivity contribution is -0.136. The second-order valence-electron chi connectivity index (χ2n) is 4.32. The van der Waals surface area contributed by atoms with Crippen LogP contribution in [0.2, 0.25) is 0 Å². The highest BCUT2D eigenvalue weighted by atomic mass is 16.5. The van der Waals surface area contributed by atoms with E-state index in [4.69, 9.17) is 4.74 Å². The van der Waals surface area contributed by atoms with Crippen molar-refractivity contribution in [3.05, 3.63) is 66.2 Å². The minimum Gasteiger partial charge on any atom is -0.425 e. The number of carbonyl (C=O) groups excluding carboxylic acids is 1. The molecule has 2 rings (SSSR count). The third-order valence-corrected chi connectivity index (χ3v) is 2.77. The van der Waals surface area contributed by atoms with Crippen LogP contribution in [0.5, 0.6) is 5.75 Å². The molecule has 3 nitrogen and oxygen atoms in total. The van der Waals surface area contributed by atoms with E-state index in [-0.39, 0.29) is 12.0 Å². The summed E-state index contributed by atoms with van der Waals surface area (Å²) in [6.07, 6.45) is 0. The third-order valence-electron chi connectivity index (χ3n) is 2.77. The van der Waals surface area contributed by atoms with Gasteiger partial charge in [-0.15, -0.1) is 0 Å². The highest BCUT2D eigenvalue weighted by Crippen LogP contribution is 2.09. The maximum atomic E-state index is 11.8. The van der Waals surface area contributed by atoms with Gasteiger partial charge in [0.1, 0.15) is 11.8 Å². The molecule has 1 N–H and O–H groups in total. The highest BCUT2D eigenvalue weighted by Gasteiger charge is 2.14. The van der Waals surface area contributed by atoms with Gasteiger partial charge in [0.25, 0.3) is 0 Å². The molecule has 0 fully saturated rings. The second-order valence-corrected chi connectivity index (χ2v) is 4.32. The van der Waals surface area contributed by atoms with Crippen LogP contribution in [-0.2, 0) is 11.3 Å². The molecule has 1 atom stereocenters. The third kappa shape index (κ3) is 4.23. The van der Waals surface area contributed by atoms with Crippen LogP contribution < -0.4 is 10.1 Å². The first-order valence-corrected chi connectivity index (χ1v) is 6.30. The zero-order chi connectivity index (χ0) is 13.5. The quantitative estimate of drug-likeness (QED) is 0.659. The number of para-hydroxylation sites is 1. The average molecular weight is 255 g/mol. The van der Waals surface area contributed by atoms with Gasteiger partial charge >= 0.3 is 5.97 Å². The number of carbonyl (C=O) groups is 1. The lowest BCUT2D eigenvalue weighted by Crippen LogP contribution is -2.36. The first-order chi connectivity index (χ1) is 9.25. The SMILES string of the molecule is C[C@H](NCc1ccccc1)C(=O)Oc1ccccc1. The standard InChI is InChI=1S/C16H17NO2/c1-13(17-12-14-8-4-2-5-9-14)16(18)19-15-10-6-3-7-11-15/h2-11,13,17H,12H2,1H3/t13-/m0/s1. The molecule has 0 bridgehead atoms. The lowest BCUT2D eigenvalue weighted by Gasteiger charge is -2.13. The van der Waals surface area contributed by atoms with Gasteiger partial charge in [-0.05, 0) is 24.6 Å². The van der Waals surface area contributed by atoms with Crippen molar-refractivity contribution in [1.29, 1.82) is 0 Å². The molecule has 0 heterocycles. The summed E-state index contributed by atoms with van der Waals surface area (Å²) in [7, 11) is 0. The zero-order valence-electron chi connectivity index (χ0n) is 10.9. The number of esters is 1. The molecule has 0 unspecified atom stereocenters. The largest absolute Gasteiger partial charge is 0.425 e. The lowest BCUT2D eigenvalue weighted by atomic mass is 10.2. The second kappa shape index (κ2) is 6.71. The topological polar surface area (TPSA) is 38.3 Å². The minimum absolute atomic E-state index is 0.276. The van der Waals surface area contributed by atoms with E-state index < -0.39 is 0 Å². The van der Waals surface area contributed by atoms with E-state index >= 15 is 0 Å². The number of hydrogen-bond acceptors (Lipinski definition) is 3. The predicted molar refractivity (Wildman–Crippen MR) is 74.8 cm³/mol. The molecule has 0 saturated heterocycles. The van der Waals surface area contributed by atoms with Crippen molar-refractivity contribution in [2.75, 3.05) is 0 Å². The van der Waals surface area contributed by atoms with E-state index in [1.54, 1.807) is 19.1 Å². The molecule has 2 aromatic rings. The van der Waals surface area contributed by atoms with E-state index in [9.17, 15) is 4.79 Å². The molecule has 0 aliphatic rings. The van der Waals surface area contributed by atoms with E-state index in [0.29, 0.717) is 12.3 Å². The summed E-state index contributed by atoms with van der Waals surface area (Å²) >= 11 is 0. The van der Waals surface area contributed by atoms with Crippen molar-refractivity contribution in [2.45, 2.75) is 19.5 Å². The smallest absolute Gasteiger partial charge is 0.328 e. The highest BCUT2D eigenvalue weighted by molar-refractivity contribution is 5.77. The average Bonchev–Trinajstić information content (AvgIpc) is 2.47. The van der Waals surface area contributed by atoms with Crippen LogP contribution in [0.15, 0.2) is 60.7 Å². The molecular formula is C16H17NO2. The fourth-order valence-corrected chi connectivity index (χ4v) is 1.64. The first kappa shape index (κ1) is 13.3. The maximum Gasteiger partial charge on any atom is 0.328 e. The summed E-state index contributed by atoms with van der Waals surface area (Å²) in [6.45, 7) is 2.44. The normalized spacial score (nSPS) is 11.8. The van der Waals surface area contributed by atoms with Crippen molar-refractivity contribution in [3.63, 3.8) is 0 Å². The fraction of sp³-hybridized carbons (Fsp3) is 0.188. The predicted octanol–water partition coefficient (Wildman–Crippen LogP) is 2.77. The summed E-state index contributed by atoms with van der Waals surface area (Å²) in [6, 6.07) is 18.7. The van der Waals surface area contributed by atoms with Gasteiger partial charge in [-0.2, -0.15) is 0 Å². The maximum absolute atomic E-state index is 11.8. The molecule has 0 spiro atoms. The Morgan fingerprint density at radius 2 is 1.63 bits per heavy atom. The van der Waals surface area contributed by atoms with Crippen LogP contribution in [0.3, 0.4) is 0 Å². The van der Waals surface area contributed by atoms with Crippen LogP contribution in [0.4, 0.5) is 0 Å². The van der Waals surface area contributed by atoms with Gasteiger partial charge in [-0.1, -0.05) is 48.5 Å². The minimum atomic E-state index is -0.347. The summed E-state index contributed by atoms with van der Waals surface area (Å²) in [5, 5.41) is 3.14. The van der Waals surface area contributed by atoms with Crippen molar-refractivity contribution in [1.82, 2.24) is 5.32 Å². The van der Waals surface area contributed by atoms with Gasteiger partial charge in [0.05, 0.1) is 0 Å². The van der Waals surface area contributed by atoms with Crippen molar-refractivity contribution >= 4 is 5.97 Å². The molecule has 0 radical (unpaired) electrons. The number of ether oxygens (including phenoxy) is 1. The van der Waals surface area contributed by atoms with E-state index in [1.807, 2.05) is 48.5 Å². The van der Waals surface area contributed by atoms with E-state index in [2.05, 4.69) is 5.32 Å². The first-order valence-electron chi connectivity index (χ1n) is 6.30. The molecular weight excluding hydrogens is 238 g/mol. The van der Waals surface area contributed by atoms with Gasteiger partial charge in [0.15, 0.2) is 0 Å². The van der Waals surface area contributed by atoms with Crippen LogP contribution in [0.25, 0.3) is 0 Å². The van der Waals surface area contributed by atoms with Gasteiger partial charge in [0, 0.05) is 6.54 Å². The number of benzene rings is 2. The van der Waals surface area contributed by atoms with Crippen LogP contribution in [-0.4, -0.2) is 12.0 Å². The molecule has 0 saturated carbocycles. The molecule has 0 aliphatic carbocycles. The monoisotopic (exact) mass is 255 g/mol.